The number of amides is 1. The monoisotopic (exact) mass is 397 g/mol. The van der Waals surface area contributed by atoms with Crippen molar-refractivity contribution in [3.05, 3.63) is 47.0 Å². The molecule has 0 aromatic carbocycles. The van der Waals surface area contributed by atoms with Gasteiger partial charge in [-0.05, 0) is 50.0 Å². The fourth-order valence-corrected chi connectivity index (χ4v) is 4.01. The Morgan fingerprint density at radius 1 is 1.07 bits per heavy atom. The van der Waals surface area contributed by atoms with Crippen LogP contribution in [0.15, 0.2) is 41.5 Å². The van der Waals surface area contributed by atoms with Gasteiger partial charge in [-0.1, -0.05) is 0 Å². The van der Waals surface area contributed by atoms with E-state index in [1.54, 1.807) is 34.1 Å². The van der Waals surface area contributed by atoms with Crippen molar-refractivity contribution in [3.8, 4) is 11.3 Å². The minimum Gasteiger partial charge on any atom is -0.365 e. The molecule has 2 aromatic rings. The van der Waals surface area contributed by atoms with Crippen molar-refractivity contribution in [2.24, 2.45) is 5.92 Å². The molecule has 154 valence electrons. The summed E-state index contributed by atoms with van der Waals surface area (Å²) in [5.74, 6) is 0.479. The Balaban J connectivity index is 1.32. The summed E-state index contributed by atoms with van der Waals surface area (Å²) in [5.41, 5.74) is 1.69. The lowest BCUT2D eigenvalue weighted by molar-refractivity contribution is -0.148. The van der Waals surface area contributed by atoms with Crippen LogP contribution in [0.1, 0.15) is 12.8 Å². The highest BCUT2D eigenvalue weighted by molar-refractivity contribution is 5.77. The van der Waals surface area contributed by atoms with Crippen molar-refractivity contribution in [2.45, 2.75) is 25.5 Å². The zero-order chi connectivity index (χ0) is 20.2. The van der Waals surface area contributed by atoms with Gasteiger partial charge in [0.05, 0.1) is 11.8 Å². The molecular weight excluding hydrogens is 370 g/mol. The Morgan fingerprint density at radius 3 is 2.55 bits per heavy atom. The molecule has 2 fully saturated rings. The molecule has 4 heterocycles. The molecule has 1 unspecified atom stereocenters. The second-order valence-corrected chi connectivity index (χ2v) is 7.93. The van der Waals surface area contributed by atoms with Crippen LogP contribution >= 0.6 is 0 Å². The lowest BCUT2D eigenvalue weighted by Gasteiger charge is -2.37. The van der Waals surface area contributed by atoms with E-state index in [1.165, 1.54) is 0 Å². The van der Waals surface area contributed by atoms with Gasteiger partial charge in [0.1, 0.15) is 6.61 Å². The number of nitrogens with zero attached hydrogens (tertiary/aromatic N) is 5. The van der Waals surface area contributed by atoms with Gasteiger partial charge in [0, 0.05) is 50.7 Å². The molecule has 0 bridgehead atoms. The van der Waals surface area contributed by atoms with Crippen LogP contribution in [0.4, 0.5) is 0 Å². The summed E-state index contributed by atoms with van der Waals surface area (Å²) in [6, 6.07) is 7.15. The first-order valence-electron chi connectivity index (χ1n) is 10.1. The predicted octanol–water partition coefficient (Wildman–Crippen LogP) is 0.874. The number of hydrogen-bond acceptors (Lipinski definition) is 6. The Kier molecular flexibility index (Phi) is 6.01. The van der Waals surface area contributed by atoms with E-state index < -0.39 is 0 Å². The maximum absolute atomic E-state index is 12.3. The van der Waals surface area contributed by atoms with Gasteiger partial charge >= 0.3 is 0 Å². The van der Waals surface area contributed by atoms with E-state index in [-0.39, 0.29) is 24.2 Å². The molecule has 0 aliphatic carbocycles. The Bertz CT molecular complexity index is 893. The third kappa shape index (κ3) is 4.89. The van der Waals surface area contributed by atoms with E-state index in [0.717, 1.165) is 43.7 Å². The molecular formula is C21H27N5O3. The smallest absolute Gasteiger partial charge is 0.266 e. The minimum absolute atomic E-state index is 0.0481. The molecule has 2 aliphatic rings. The molecule has 2 aliphatic heterocycles. The molecule has 1 amide bonds. The summed E-state index contributed by atoms with van der Waals surface area (Å²) < 4.78 is 7.26. The van der Waals surface area contributed by atoms with Crippen molar-refractivity contribution in [1.29, 1.82) is 0 Å². The Morgan fingerprint density at radius 2 is 1.83 bits per heavy atom. The number of ether oxygens (including phenoxy) is 1. The molecule has 2 saturated heterocycles. The molecule has 0 radical (unpaired) electrons. The summed E-state index contributed by atoms with van der Waals surface area (Å²) in [6.07, 6.45) is 5.58. The lowest BCUT2D eigenvalue weighted by atomic mass is 9.96. The number of likely N-dealkylation sites (N-methyl/N-ethyl adjacent to an activating group) is 1. The number of rotatable bonds is 5. The number of carbonyl (C=O) groups excluding carboxylic acids is 1. The quantitative estimate of drug-likeness (QED) is 0.745. The maximum Gasteiger partial charge on any atom is 0.266 e. The van der Waals surface area contributed by atoms with Gasteiger partial charge in [0.25, 0.3) is 5.56 Å². The SMILES string of the molecule is CN1CC(CN2CCC(Cn3nc(-c4ccncc4)ccc3=O)CC2)OCC1=O. The van der Waals surface area contributed by atoms with Gasteiger partial charge in [0.15, 0.2) is 0 Å². The molecule has 4 rings (SSSR count). The molecule has 2 aromatic heterocycles. The number of aromatic nitrogens is 3. The van der Waals surface area contributed by atoms with Gasteiger partial charge in [-0.25, -0.2) is 4.68 Å². The molecule has 0 N–H and O–H groups in total. The standard InChI is InChI=1S/C21H27N5O3/c1-24-13-18(29-15-21(24)28)14-25-10-6-16(7-11-25)12-26-20(27)3-2-19(23-26)17-4-8-22-9-5-17/h2-5,8-9,16,18H,6-7,10-15H2,1H3. The van der Waals surface area contributed by atoms with E-state index >= 15 is 0 Å². The fourth-order valence-electron chi connectivity index (χ4n) is 4.01. The summed E-state index contributed by atoms with van der Waals surface area (Å²) in [4.78, 5) is 32.0. The van der Waals surface area contributed by atoms with Crippen molar-refractivity contribution in [2.75, 3.05) is 39.8 Å². The van der Waals surface area contributed by atoms with Crippen LogP contribution in [0.3, 0.4) is 0 Å². The summed E-state index contributed by atoms with van der Waals surface area (Å²) >= 11 is 0. The number of piperidine rings is 1. The van der Waals surface area contributed by atoms with Crippen molar-refractivity contribution < 1.29 is 9.53 Å². The Hall–Kier alpha value is -2.58. The highest BCUT2D eigenvalue weighted by Crippen LogP contribution is 2.20. The topological polar surface area (TPSA) is 80.6 Å². The van der Waals surface area contributed by atoms with Gasteiger partial charge in [0.2, 0.25) is 5.91 Å². The molecule has 1 atom stereocenters. The van der Waals surface area contributed by atoms with Crippen LogP contribution < -0.4 is 5.56 Å². The number of pyridine rings is 1. The molecule has 0 spiro atoms. The third-order valence-corrected chi connectivity index (χ3v) is 5.79. The normalized spacial score (nSPS) is 21.5. The van der Waals surface area contributed by atoms with Crippen molar-refractivity contribution in [1.82, 2.24) is 24.6 Å². The van der Waals surface area contributed by atoms with E-state index in [1.807, 2.05) is 19.2 Å². The molecule has 29 heavy (non-hydrogen) atoms. The summed E-state index contributed by atoms with van der Waals surface area (Å²) in [7, 11) is 1.83. The van der Waals surface area contributed by atoms with E-state index in [2.05, 4.69) is 15.0 Å². The maximum atomic E-state index is 12.3. The number of hydrogen-bond donors (Lipinski definition) is 0. The van der Waals surface area contributed by atoms with Gasteiger partial charge in [-0.2, -0.15) is 5.10 Å². The highest BCUT2D eigenvalue weighted by atomic mass is 16.5. The average Bonchev–Trinajstić information content (AvgIpc) is 2.74. The molecule has 8 nitrogen and oxygen atoms in total. The summed E-state index contributed by atoms with van der Waals surface area (Å²) in [6.45, 7) is 4.27. The molecule has 0 saturated carbocycles. The van der Waals surface area contributed by atoms with E-state index in [9.17, 15) is 9.59 Å². The first-order valence-corrected chi connectivity index (χ1v) is 10.1. The first-order chi connectivity index (χ1) is 14.1. The van der Waals surface area contributed by atoms with Crippen LogP contribution in [-0.4, -0.2) is 76.4 Å². The van der Waals surface area contributed by atoms with Crippen LogP contribution in [-0.2, 0) is 16.1 Å². The third-order valence-electron chi connectivity index (χ3n) is 5.79. The van der Waals surface area contributed by atoms with Crippen molar-refractivity contribution >= 4 is 5.91 Å². The van der Waals surface area contributed by atoms with Gasteiger partial charge in [-0.15, -0.1) is 0 Å². The molecule has 8 heteroatoms. The van der Waals surface area contributed by atoms with Crippen LogP contribution in [0, 0.1) is 5.92 Å². The van der Waals surface area contributed by atoms with Crippen LogP contribution in [0.25, 0.3) is 11.3 Å². The van der Waals surface area contributed by atoms with Crippen LogP contribution in [0.2, 0.25) is 0 Å². The summed E-state index contributed by atoms with van der Waals surface area (Å²) in [5, 5.41) is 4.57. The average molecular weight is 397 g/mol. The number of morpholine rings is 1. The van der Waals surface area contributed by atoms with E-state index in [4.69, 9.17) is 4.74 Å². The zero-order valence-electron chi connectivity index (χ0n) is 16.7. The zero-order valence-corrected chi connectivity index (χ0v) is 16.7. The second-order valence-electron chi connectivity index (χ2n) is 7.93. The second kappa shape index (κ2) is 8.84. The Labute approximate surface area is 170 Å². The fraction of sp³-hybridized carbons (Fsp3) is 0.524. The largest absolute Gasteiger partial charge is 0.365 e. The van der Waals surface area contributed by atoms with Crippen molar-refractivity contribution in [3.63, 3.8) is 0 Å². The number of carbonyl (C=O) groups is 1. The predicted molar refractivity (Wildman–Crippen MR) is 108 cm³/mol. The van der Waals surface area contributed by atoms with Gasteiger partial charge in [-0.3, -0.25) is 14.6 Å². The number of likely N-dealkylation sites (tertiary alicyclic amines) is 1. The first kappa shape index (κ1) is 19.7. The van der Waals surface area contributed by atoms with Gasteiger partial charge < -0.3 is 14.5 Å². The lowest BCUT2D eigenvalue weighted by Crippen LogP contribution is -2.50. The minimum atomic E-state index is -0.0615. The van der Waals surface area contributed by atoms with Crippen LogP contribution in [0.5, 0.6) is 0 Å². The van der Waals surface area contributed by atoms with E-state index in [0.29, 0.717) is 19.0 Å². The highest BCUT2D eigenvalue weighted by Gasteiger charge is 2.27.